The highest BCUT2D eigenvalue weighted by molar-refractivity contribution is 8.14. The molecule has 0 atom stereocenters. The van der Waals surface area contributed by atoms with E-state index in [0.717, 1.165) is 5.01 Å². The molecule has 0 aliphatic heterocycles. The van der Waals surface area contributed by atoms with Gasteiger partial charge >= 0.3 is 5.97 Å². The van der Waals surface area contributed by atoms with Crippen LogP contribution in [-0.4, -0.2) is 40.0 Å². The lowest BCUT2D eigenvalue weighted by Gasteiger charge is -2.17. The molecule has 0 aliphatic rings. The second-order valence-corrected chi connectivity index (χ2v) is 4.24. The molecule has 0 radical (unpaired) electrons. The smallest absolute Gasteiger partial charge is 0.314 e. The summed E-state index contributed by atoms with van der Waals surface area (Å²) in [5.74, 6) is -1.86. The molecule has 0 unspecified atom stereocenters. The van der Waals surface area contributed by atoms with Gasteiger partial charge in [0.2, 0.25) is 0 Å². The zero-order valence-corrected chi connectivity index (χ0v) is 10.4. The van der Waals surface area contributed by atoms with Gasteiger partial charge in [0.25, 0.3) is 11.1 Å². The van der Waals surface area contributed by atoms with E-state index in [9.17, 15) is 14.4 Å². The molecule has 0 bridgehead atoms. The third-order valence-electron chi connectivity index (χ3n) is 1.90. The maximum atomic E-state index is 11.7. The summed E-state index contributed by atoms with van der Waals surface area (Å²) in [7, 11) is 1.36. The van der Waals surface area contributed by atoms with E-state index in [0.29, 0.717) is 17.3 Å². The van der Waals surface area contributed by atoms with Crippen molar-refractivity contribution in [1.29, 1.82) is 0 Å². The zero-order chi connectivity index (χ0) is 13.5. The molecule has 7 heteroatoms. The Labute approximate surface area is 108 Å². The third-order valence-corrected chi connectivity index (χ3v) is 2.81. The van der Waals surface area contributed by atoms with Gasteiger partial charge in [-0.15, -0.1) is 0 Å². The Balaban J connectivity index is 2.49. The van der Waals surface area contributed by atoms with Crippen LogP contribution in [0.3, 0.4) is 0 Å². The highest BCUT2D eigenvalue weighted by Gasteiger charge is 2.14. The Kier molecular flexibility index (Phi) is 5.19. The predicted molar refractivity (Wildman–Crippen MR) is 67.2 cm³/mol. The van der Waals surface area contributed by atoms with Gasteiger partial charge in [-0.2, -0.15) is 0 Å². The molecule has 1 aromatic carbocycles. The Morgan fingerprint density at radius 1 is 1.28 bits per heavy atom. The number of nitrogens with zero attached hydrogens (tertiary/aromatic N) is 1. The number of carbonyl (C=O) groups excluding carboxylic acids is 2. The number of nitrogens with one attached hydrogen (secondary N) is 1. The lowest BCUT2D eigenvalue weighted by molar-refractivity contribution is -0.133. The summed E-state index contributed by atoms with van der Waals surface area (Å²) in [6.45, 7) is 0. The van der Waals surface area contributed by atoms with Crippen LogP contribution in [-0.2, 0) is 4.79 Å². The molecular formula is C11H12N2O4S. The number of hydrogen-bond acceptors (Lipinski definition) is 4. The number of hydrazine groups is 1. The van der Waals surface area contributed by atoms with Gasteiger partial charge in [-0.25, -0.2) is 5.01 Å². The number of carboxylic acid groups (broad SMARTS) is 1. The SMILES string of the molecule is CN(NC(=O)c1ccccc1)C(=O)SCC(=O)O. The molecule has 0 saturated heterocycles. The zero-order valence-electron chi connectivity index (χ0n) is 9.62. The quantitative estimate of drug-likeness (QED) is 0.804. The molecule has 0 saturated carbocycles. The summed E-state index contributed by atoms with van der Waals surface area (Å²) in [6.07, 6.45) is 0. The van der Waals surface area contributed by atoms with Crippen LogP contribution in [0, 0.1) is 0 Å². The van der Waals surface area contributed by atoms with E-state index >= 15 is 0 Å². The van der Waals surface area contributed by atoms with Crippen LogP contribution in [0.2, 0.25) is 0 Å². The highest BCUT2D eigenvalue weighted by Crippen LogP contribution is 2.06. The van der Waals surface area contributed by atoms with Crippen LogP contribution in [0.4, 0.5) is 4.79 Å². The normalized spacial score (nSPS) is 9.61. The molecule has 96 valence electrons. The molecule has 0 spiro atoms. The van der Waals surface area contributed by atoms with Crippen LogP contribution in [0.15, 0.2) is 30.3 Å². The van der Waals surface area contributed by atoms with Crippen molar-refractivity contribution in [3.63, 3.8) is 0 Å². The Morgan fingerprint density at radius 2 is 1.89 bits per heavy atom. The van der Waals surface area contributed by atoms with Crippen LogP contribution in [0.5, 0.6) is 0 Å². The summed E-state index contributed by atoms with van der Waals surface area (Å²) >= 11 is 0.603. The maximum Gasteiger partial charge on any atom is 0.314 e. The average Bonchev–Trinajstić information content (AvgIpc) is 2.36. The van der Waals surface area contributed by atoms with Crippen LogP contribution in [0.1, 0.15) is 10.4 Å². The van der Waals surface area contributed by atoms with Crippen molar-refractivity contribution in [2.45, 2.75) is 0 Å². The lowest BCUT2D eigenvalue weighted by Crippen LogP contribution is -2.41. The maximum absolute atomic E-state index is 11.7. The van der Waals surface area contributed by atoms with Crippen molar-refractivity contribution in [3.05, 3.63) is 35.9 Å². The van der Waals surface area contributed by atoms with Crippen molar-refractivity contribution in [2.24, 2.45) is 0 Å². The Bertz CT molecular complexity index is 450. The second-order valence-electron chi connectivity index (χ2n) is 3.31. The highest BCUT2D eigenvalue weighted by atomic mass is 32.2. The minimum Gasteiger partial charge on any atom is -0.481 e. The molecule has 0 fully saturated rings. The van der Waals surface area contributed by atoms with E-state index in [-0.39, 0.29) is 5.75 Å². The van der Waals surface area contributed by atoms with Gasteiger partial charge in [0.05, 0.1) is 0 Å². The van der Waals surface area contributed by atoms with Gasteiger partial charge in [-0.3, -0.25) is 19.8 Å². The first-order chi connectivity index (χ1) is 8.50. The van der Waals surface area contributed by atoms with Crippen LogP contribution < -0.4 is 5.43 Å². The fraction of sp³-hybridized carbons (Fsp3) is 0.182. The fourth-order valence-electron chi connectivity index (χ4n) is 1.07. The first-order valence-corrected chi connectivity index (χ1v) is 5.97. The summed E-state index contributed by atoms with van der Waals surface area (Å²) in [5.41, 5.74) is 2.77. The van der Waals surface area contributed by atoms with E-state index in [4.69, 9.17) is 5.11 Å². The Morgan fingerprint density at radius 3 is 2.44 bits per heavy atom. The second kappa shape index (κ2) is 6.65. The van der Waals surface area contributed by atoms with Gasteiger partial charge in [0.1, 0.15) is 5.75 Å². The van der Waals surface area contributed by atoms with Gasteiger partial charge in [0, 0.05) is 12.6 Å². The first kappa shape index (κ1) is 14.0. The summed E-state index contributed by atoms with van der Waals surface area (Å²) < 4.78 is 0. The number of thioether (sulfide) groups is 1. The fourth-order valence-corrected chi connectivity index (χ4v) is 1.56. The van der Waals surface area contributed by atoms with E-state index in [1.54, 1.807) is 30.3 Å². The standard InChI is InChI=1S/C11H12N2O4S/c1-13(11(17)18-7-9(14)15)12-10(16)8-5-3-2-4-6-8/h2-6H,7H2,1H3,(H,12,16)(H,14,15). The van der Waals surface area contributed by atoms with E-state index in [1.807, 2.05) is 0 Å². The van der Waals surface area contributed by atoms with Crippen molar-refractivity contribution in [1.82, 2.24) is 10.4 Å². The number of benzene rings is 1. The topological polar surface area (TPSA) is 86.7 Å². The van der Waals surface area contributed by atoms with Crippen molar-refractivity contribution < 1.29 is 19.5 Å². The summed E-state index contributed by atoms with van der Waals surface area (Å²) in [4.78, 5) is 33.4. The first-order valence-electron chi connectivity index (χ1n) is 4.99. The molecule has 6 nitrogen and oxygen atoms in total. The van der Waals surface area contributed by atoms with Gasteiger partial charge < -0.3 is 5.11 Å². The number of rotatable bonds is 3. The molecule has 1 rings (SSSR count). The molecule has 2 N–H and O–H groups in total. The Hall–Kier alpha value is -2.02. The van der Waals surface area contributed by atoms with Crippen molar-refractivity contribution in [3.8, 4) is 0 Å². The molecule has 0 aliphatic carbocycles. The minimum absolute atomic E-state index is 0.343. The van der Waals surface area contributed by atoms with Crippen LogP contribution >= 0.6 is 11.8 Å². The predicted octanol–water partition coefficient (Wildman–Crippen LogP) is 1.20. The van der Waals surface area contributed by atoms with Gasteiger partial charge in [-0.05, 0) is 12.1 Å². The van der Waals surface area contributed by atoms with E-state index < -0.39 is 17.1 Å². The van der Waals surface area contributed by atoms with Crippen molar-refractivity contribution in [2.75, 3.05) is 12.8 Å². The number of hydrogen-bond donors (Lipinski definition) is 2. The molecule has 2 amide bonds. The van der Waals surface area contributed by atoms with E-state index in [2.05, 4.69) is 5.43 Å². The minimum atomic E-state index is -1.09. The molecule has 0 aromatic heterocycles. The number of amides is 2. The molecular weight excluding hydrogens is 256 g/mol. The molecule has 18 heavy (non-hydrogen) atoms. The number of carbonyl (C=O) groups is 3. The molecule has 1 aromatic rings. The molecule has 0 heterocycles. The number of carboxylic acids is 1. The summed E-state index contributed by atoms with van der Waals surface area (Å²) in [5, 5.41) is 8.85. The monoisotopic (exact) mass is 268 g/mol. The van der Waals surface area contributed by atoms with Gasteiger partial charge in [-0.1, -0.05) is 30.0 Å². The largest absolute Gasteiger partial charge is 0.481 e. The van der Waals surface area contributed by atoms with Crippen LogP contribution in [0.25, 0.3) is 0 Å². The van der Waals surface area contributed by atoms with E-state index in [1.165, 1.54) is 7.05 Å². The van der Waals surface area contributed by atoms with Crippen molar-refractivity contribution >= 4 is 28.9 Å². The van der Waals surface area contributed by atoms with Gasteiger partial charge in [0.15, 0.2) is 0 Å². The number of aliphatic carboxylic acids is 1. The average molecular weight is 268 g/mol. The lowest BCUT2D eigenvalue weighted by atomic mass is 10.2. The third kappa shape index (κ3) is 4.46. The summed E-state index contributed by atoms with van der Waals surface area (Å²) in [6, 6.07) is 8.40.